The summed E-state index contributed by atoms with van der Waals surface area (Å²) < 4.78 is 23.7. The monoisotopic (exact) mass is 560 g/mol. The highest BCUT2D eigenvalue weighted by Crippen LogP contribution is 2.44. The fraction of sp³-hybridized carbons (Fsp3) is 0.214. The number of hydrogen-bond donors (Lipinski definition) is 2. The number of phosphoric acid groups is 1. The number of likely N-dealkylation sites (N-methyl/N-ethyl adjacent to an activating group) is 1. The Hall–Kier alpha value is -4.17. The lowest BCUT2D eigenvalue weighted by atomic mass is 10.0. The van der Waals surface area contributed by atoms with E-state index in [0.29, 0.717) is 23.4 Å². The van der Waals surface area contributed by atoms with E-state index in [2.05, 4.69) is 21.4 Å². The highest BCUT2D eigenvalue weighted by Gasteiger charge is 2.22. The Morgan fingerprint density at radius 1 is 1.18 bits per heavy atom. The van der Waals surface area contributed by atoms with Gasteiger partial charge >= 0.3 is 7.82 Å². The second-order valence-electron chi connectivity index (χ2n) is 9.06. The largest absolute Gasteiger partial charge is 0.473 e. The van der Waals surface area contributed by atoms with Crippen LogP contribution in [0.15, 0.2) is 73.3 Å². The number of nitrogens with one attached hydrogen (secondary N) is 1. The quantitative estimate of drug-likeness (QED) is 0.195. The van der Waals surface area contributed by atoms with Gasteiger partial charge in [-0.05, 0) is 50.8 Å². The molecular weight excluding hydrogens is 531 g/mol. The number of nitrogens with zero attached hydrogens (tertiary/aromatic N) is 5. The highest BCUT2D eigenvalue weighted by molar-refractivity contribution is 7.47. The van der Waals surface area contributed by atoms with Crippen LogP contribution >= 0.6 is 7.82 Å². The summed E-state index contributed by atoms with van der Waals surface area (Å²) in [7, 11) is -0.408. The fourth-order valence-corrected chi connectivity index (χ4v) is 4.64. The summed E-state index contributed by atoms with van der Waals surface area (Å²) >= 11 is 0. The van der Waals surface area contributed by atoms with Crippen molar-refractivity contribution in [3.8, 4) is 28.3 Å². The first-order valence-corrected chi connectivity index (χ1v) is 13.9. The molecule has 1 aromatic carbocycles. The summed E-state index contributed by atoms with van der Waals surface area (Å²) in [5, 5.41) is 12.9. The molecule has 3 aromatic heterocycles. The van der Waals surface area contributed by atoms with E-state index in [1.807, 2.05) is 31.1 Å². The molecule has 0 aliphatic rings. The van der Waals surface area contributed by atoms with Gasteiger partial charge in [0.15, 0.2) is 0 Å². The summed E-state index contributed by atoms with van der Waals surface area (Å²) in [6, 6.07) is 13.0. The number of rotatable bonds is 11. The van der Waals surface area contributed by atoms with Crippen LogP contribution in [0.1, 0.15) is 12.5 Å². The van der Waals surface area contributed by atoms with Crippen LogP contribution in [0.3, 0.4) is 0 Å². The Morgan fingerprint density at radius 2 is 1.98 bits per heavy atom. The standard InChI is InChI=1S/C28H29N6O5P/c1-4-38-40(36,37)39-19-34-18-26(21-8-5-7-20(11-21)14-29)25-13-23(16-31-28(25)34)22-12-24(17-30-15-22)32-27(35)9-6-10-33(2)3/h5-9,11-13,15-18H,4,10,19H2,1-3H3,(H,32,35)(H,36,37)/b9-6+. The zero-order valence-electron chi connectivity index (χ0n) is 22.3. The molecule has 0 saturated carbocycles. The number of aromatic nitrogens is 3. The van der Waals surface area contributed by atoms with Gasteiger partial charge in [0, 0.05) is 53.3 Å². The average molecular weight is 561 g/mol. The van der Waals surface area contributed by atoms with Crippen LogP contribution < -0.4 is 5.32 Å². The van der Waals surface area contributed by atoms with E-state index >= 15 is 0 Å². The summed E-state index contributed by atoms with van der Waals surface area (Å²) in [6.07, 6.45) is 9.87. The molecule has 4 rings (SSSR count). The van der Waals surface area contributed by atoms with Crippen LogP contribution in [0, 0.1) is 11.3 Å². The molecule has 2 N–H and O–H groups in total. The average Bonchev–Trinajstić information content (AvgIpc) is 3.30. The van der Waals surface area contributed by atoms with Gasteiger partial charge in [0.2, 0.25) is 5.91 Å². The highest BCUT2D eigenvalue weighted by atomic mass is 31.2. The number of phosphoric ester groups is 1. The van der Waals surface area contributed by atoms with Crippen molar-refractivity contribution >= 4 is 30.5 Å². The number of anilines is 1. The van der Waals surface area contributed by atoms with Crippen molar-refractivity contribution in [1.29, 1.82) is 5.26 Å². The summed E-state index contributed by atoms with van der Waals surface area (Å²) in [5.74, 6) is -0.265. The molecule has 0 bridgehead atoms. The normalized spacial score (nSPS) is 13.0. The lowest BCUT2D eigenvalue weighted by molar-refractivity contribution is -0.111. The van der Waals surface area contributed by atoms with Crippen LogP contribution in [0.4, 0.5) is 5.69 Å². The van der Waals surface area contributed by atoms with Crippen LogP contribution in [0.25, 0.3) is 33.3 Å². The van der Waals surface area contributed by atoms with Crippen molar-refractivity contribution in [3.05, 3.63) is 78.9 Å². The molecule has 206 valence electrons. The number of nitriles is 1. The summed E-state index contributed by atoms with van der Waals surface area (Å²) in [5.41, 5.74) is 4.49. The molecule has 40 heavy (non-hydrogen) atoms. The number of hydrogen-bond acceptors (Lipinski definition) is 8. The first-order chi connectivity index (χ1) is 19.2. The number of amides is 1. The molecule has 0 aliphatic carbocycles. The maximum atomic E-state index is 12.3. The molecule has 0 spiro atoms. The van der Waals surface area contributed by atoms with Gasteiger partial charge in [-0.1, -0.05) is 18.2 Å². The Morgan fingerprint density at radius 3 is 2.73 bits per heavy atom. The van der Waals surface area contributed by atoms with E-state index in [0.717, 1.165) is 27.6 Å². The number of benzene rings is 1. The van der Waals surface area contributed by atoms with Gasteiger partial charge in [-0.25, -0.2) is 9.55 Å². The molecule has 4 aromatic rings. The van der Waals surface area contributed by atoms with E-state index in [-0.39, 0.29) is 19.2 Å². The molecule has 0 saturated heterocycles. The Kier molecular flexibility index (Phi) is 9.22. The molecule has 1 atom stereocenters. The Bertz CT molecular complexity index is 1640. The van der Waals surface area contributed by atoms with E-state index < -0.39 is 7.82 Å². The third-order valence-corrected chi connectivity index (χ3v) is 6.77. The Labute approximate surface area is 231 Å². The molecule has 0 fully saturated rings. The molecule has 11 nitrogen and oxygen atoms in total. The van der Waals surface area contributed by atoms with Crippen molar-refractivity contribution in [2.45, 2.75) is 13.7 Å². The lowest BCUT2D eigenvalue weighted by Crippen LogP contribution is -2.13. The van der Waals surface area contributed by atoms with Crippen LogP contribution in [-0.2, 0) is 25.1 Å². The second-order valence-corrected chi connectivity index (χ2v) is 10.5. The molecule has 1 amide bonds. The number of carbonyl (C=O) groups excluding carboxylic acids is 1. The SMILES string of the molecule is CCOP(=O)(O)OCn1cc(-c2cccc(C#N)c2)c2cc(-c3cncc(NC(=O)/C=C/CN(C)C)c3)cnc21. The minimum Gasteiger partial charge on any atom is -0.321 e. The number of fused-ring (bicyclic) bond motifs is 1. The van der Waals surface area contributed by atoms with Gasteiger partial charge in [-0.2, -0.15) is 5.26 Å². The third-order valence-electron chi connectivity index (χ3n) is 5.75. The number of pyridine rings is 2. The van der Waals surface area contributed by atoms with Crippen molar-refractivity contribution in [3.63, 3.8) is 0 Å². The van der Waals surface area contributed by atoms with Crippen LogP contribution in [0.2, 0.25) is 0 Å². The van der Waals surface area contributed by atoms with Crippen molar-refractivity contribution in [2.75, 3.05) is 32.6 Å². The zero-order valence-corrected chi connectivity index (χ0v) is 23.2. The van der Waals surface area contributed by atoms with Gasteiger partial charge in [-0.15, -0.1) is 0 Å². The minimum atomic E-state index is -4.24. The predicted molar refractivity (Wildman–Crippen MR) is 152 cm³/mol. The minimum absolute atomic E-state index is 0.0218. The van der Waals surface area contributed by atoms with E-state index in [1.54, 1.807) is 66.6 Å². The van der Waals surface area contributed by atoms with Gasteiger partial charge < -0.3 is 19.7 Å². The molecular formula is C28H29N6O5P. The molecule has 0 radical (unpaired) electrons. The molecule has 3 heterocycles. The van der Waals surface area contributed by atoms with Crippen LogP contribution in [0.5, 0.6) is 0 Å². The van der Waals surface area contributed by atoms with Crippen molar-refractivity contribution < 1.29 is 23.3 Å². The third kappa shape index (κ3) is 7.27. The van der Waals surface area contributed by atoms with Gasteiger partial charge in [-0.3, -0.25) is 18.8 Å². The first kappa shape index (κ1) is 28.8. The molecule has 0 aliphatic heterocycles. The van der Waals surface area contributed by atoms with Gasteiger partial charge in [0.25, 0.3) is 0 Å². The first-order valence-electron chi connectivity index (χ1n) is 12.4. The van der Waals surface area contributed by atoms with Crippen molar-refractivity contribution in [1.82, 2.24) is 19.4 Å². The summed E-state index contributed by atoms with van der Waals surface area (Å²) in [4.78, 5) is 33.0. The molecule has 1 unspecified atom stereocenters. The van der Waals surface area contributed by atoms with Crippen molar-refractivity contribution in [2.24, 2.45) is 0 Å². The Balaban J connectivity index is 1.71. The summed E-state index contributed by atoms with van der Waals surface area (Å²) in [6.45, 7) is 1.98. The smallest absolute Gasteiger partial charge is 0.321 e. The fourth-order valence-electron chi connectivity index (χ4n) is 3.97. The molecule has 12 heteroatoms. The van der Waals surface area contributed by atoms with Crippen LogP contribution in [-0.4, -0.2) is 57.5 Å². The van der Waals surface area contributed by atoms with E-state index in [1.165, 1.54) is 6.08 Å². The van der Waals surface area contributed by atoms with E-state index in [9.17, 15) is 19.5 Å². The second kappa shape index (κ2) is 12.8. The topological polar surface area (TPSA) is 143 Å². The van der Waals surface area contributed by atoms with E-state index in [4.69, 9.17) is 9.05 Å². The lowest BCUT2D eigenvalue weighted by Gasteiger charge is -2.11. The zero-order chi connectivity index (χ0) is 28.7. The van der Waals surface area contributed by atoms with Gasteiger partial charge in [0.05, 0.1) is 30.1 Å². The number of carbonyl (C=O) groups is 1. The maximum Gasteiger partial charge on any atom is 0.473 e. The van der Waals surface area contributed by atoms with Gasteiger partial charge in [0.1, 0.15) is 12.4 Å². The maximum absolute atomic E-state index is 12.3. The predicted octanol–water partition coefficient (Wildman–Crippen LogP) is 4.80.